The highest BCUT2D eigenvalue weighted by Gasteiger charge is 2.31. The molecule has 0 aromatic heterocycles. The molecule has 2 aromatic carbocycles. The second-order valence-corrected chi connectivity index (χ2v) is 8.88. The third kappa shape index (κ3) is 5.55. The molecule has 3 aliphatic heterocycles. The number of amides is 3. The molecule has 0 radical (unpaired) electrons. The van der Waals surface area contributed by atoms with Gasteiger partial charge in [-0.2, -0.15) is 0 Å². The summed E-state index contributed by atoms with van der Waals surface area (Å²) >= 11 is 0. The van der Waals surface area contributed by atoms with E-state index in [0.29, 0.717) is 30.3 Å². The van der Waals surface area contributed by atoms with Gasteiger partial charge in [0.2, 0.25) is 12.7 Å². The Morgan fingerprint density at radius 3 is 2.53 bits per heavy atom. The molecule has 5 rings (SSSR count). The third-order valence-electron chi connectivity index (χ3n) is 6.52. The Hall–Kier alpha value is -3.76. The fourth-order valence-electron chi connectivity index (χ4n) is 4.58. The van der Waals surface area contributed by atoms with E-state index >= 15 is 0 Å². The summed E-state index contributed by atoms with van der Waals surface area (Å²) < 4.78 is 16.5. The Kier molecular flexibility index (Phi) is 7.24. The predicted molar refractivity (Wildman–Crippen MR) is 133 cm³/mol. The van der Waals surface area contributed by atoms with E-state index in [9.17, 15) is 14.7 Å². The van der Waals surface area contributed by atoms with Crippen molar-refractivity contribution in [2.45, 2.75) is 24.7 Å². The minimum absolute atomic E-state index is 0.0148. The first kappa shape index (κ1) is 24.0. The van der Waals surface area contributed by atoms with Crippen molar-refractivity contribution in [2.75, 3.05) is 49.8 Å². The standard InChI is InChI=1S/C26H30N4O6/c31-16-24-21(28-26(33)27-18-6-9-22-23(14-18)35-17-34-22)8-7-20(36-24)15-25(32)30-12-10-29(11-13-30)19-4-2-1-3-5-19/h1-9,14,20-21,24,31H,10-13,15-17H2,(H2,27,28,33)/t20-,21+,24-/m0/s1. The number of rotatable bonds is 6. The summed E-state index contributed by atoms with van der Waals surface area (Å²) in [6.45, 7) is 2.72. The zero-order valence-corrected chi connectivity index (χ0v) is 19.8. The van der Waals surface area contributed by atoms with Gasteiger partial charge < -0.3 is 39.8 Å². The zero-order valence-electron chi connectivity index (χ0n) is 19.8. The smallest absolute Gasteiger partial charge is 0.319 e. The molecule has 3 aliphatic rings. The molecule has 3 atom stereocenters. The molecule has 0 saturated carbocycles. The summed E-state index contributed by atoms with van der Waals surface area (Å²) in [6, 6.07) is 14.3. The number of piperazine rings is 1. The molecule has 1 saturated heterocycles. The predicted octanol–water partition coefficient (Wildman–Crippen LogP) is 1.96. The molecule has 3 N–H and O–H groups in total. The maximum atomic E-state index is 12.9. The molecule has 0 bridgehead atoms. The Morgan fingerprint density at radius 1 is 0.972 bits per heavy atom. The minimum Gasteiger partial charge on any atom is -0.454 e. The van der Waals surface area contributed by atoms with Crippen molar-refractivity contribution in [3.05, 3.63) is 60.7 Å². The van der Waals surface area contributed by atoms with Crippen LogP contribution < -0.4 is 25.0 Å². The van der Waals surface area contributed by atoms with Gasteiger partial charge in [-0.15, -0.1) is 0 Å². The van der Waals surface area contributed by atoms with Crippen LogP contribution in [0.4, 0.5) is 16.2 Å². The topological polar surface area (TPSA) is 113 Å². The zero-order chi connectivity index (χ0) is 24.9. The highest BCUT2D eigenvalue weighted by atomic mass is 16.7. The average molecular weight is 495 g/mol. The summed E-state index contributed by atoms with van der Waals surface area (Å²) in [5, 5.41) is 15.4. The van der Waals surface area contributed by atoms with Crippen molar-refractivity contribution in [1.29, 1.82) is 0 Å². The number of fused-ring (bicyclic) bond motifs is 1. The number of urea groups is 1. The van der Waals surface area contributed by atoms with Crippen LogP contribution in [0.1, 0.15) is 6.42 Å². The van der Waals surface area contributed by atoms with E-state index in [1.54, 1.807) is 30.4 Å². The second kappa shape index (κ2) is 10.9. The van der Waals surface area contributed by atoms with Crippen molar-refractivity contribution >= 4 is 23.3 Å². The number of carbonyl (C=O) groups excluding carboxylic acids is 2. The normalized spacial score (nSPS) is 22.9. The number of para-hydroxylation sites is 1. The summed E-state index contributed by atoms with van der Waals surface area (Å²) in [4.78, 5) is 29.5. The Bertz CT molecular complexity index is 1100. The van der Waals surface area contributed by atoms with Crippen LogP contribution in [0.25, 0.3) is 0 Å². The molecule has 0 aliphatic carbocycles. The fraction of sp³-hybridized carbons (Fsp3) is 0.385. The number of hydrogen-bond donors (Lipinski definition) is 3. The van der Waals surface area contributed by atoms with Gasteiger partial charge in [0.1, 0.15) is 6.10 Å². The third-order valence-corrected chi connectivity index (χ3v) is 6.52. The molecule has 0 spiro atoms. The Balaban J connectivity index is 1.11. The average Bonchev–Trinajstić information content (AvgIpc) is 3.38. The lowest BCUT2D eigenvalue weighted by Crippen LogP contribution is -2.51. The fourth-order valence-corrected chi connectivity index (χ4v) is 4.58. The van der Waals surface area contributed by atoms with Crippen LogP contribution in [-0.2, 0) is 9.53 Å². The van der Waals surface area contributed by atoms with Crippen molar-refractivity contribution in [3.8, 4) is 11.5 Å². The van der Waals surface area contributed by atoms with Crippen molar-refractivity contribution in [2.24, 2.45) is 0 Å². The van der Waals surface area contributed by atoms with Crippen LogP contribution in [0.2, 0.25) is 0 Å². The minimum atomic E-state index is -0.662. The van der Waals surface area contributed by atoms with Gasteiger partial charge in [0, 0.05) is 43.6 Å². The quantitative estimate of drug-likeness (QED) is 0.527. The van der Waals surface area contributed by atoms with Crippen molar-refractivity contribution < 1.29 is 28.9 Å². The van der Waals surface area contributed by atoms with Crippen LogP contribution in [-0.4, -0.2) is 79.8 Å². The number of hydrogen-bond acceptors (Lipinski definition) is 7. The van der Waals surface area contributed by atoms with E-state index < -0.39 is 24.3 Å². The van der Waals surface area contributed by atoms with E-state index in [4.69, 9.17) is 14.2 Å². The molecule has 1 fully saturated rings. The maximum Gasteiger partial charge on any atom is 0.319 e. The first-order chi connectivity index (χ1) is 17.6. The number of aliphatic hydroxyl groups excluding tert-OH is 1. The van der Waals surface area contributed by atoms with E-state index in [1.165, 1.54) is 0 Å². The number of anilines is 2. The van der Waals surface area contributed by atoms with Gasteiger partial charge in [0.05, 0.1) is 25.2 Å². The maximum absolute atomic E-state index is 12.9. The van der Waals surface area contributed by atoms with E-state index in [1.807, 2.05) is 23.1 Å². The Morgan fingerprint density at radius 2 is 1.75 bits per heavy atom. The Labute approximate surface area is 209 Å². The molecule has 190 valence electrons. The van der Waals surface area contributed by atoms with Gasteiger partial charge in [-0.05, 0) is 24.3 Å². The van der Waals surface area contributed by atoms with Crippen molar-refractivity contribution in [1.82, 2.24) is 10.2 Å². The van der Waals surface area contributed by atoms with Gasteiger partial charge in [-0.25, -0.2) is 4.79 Å². The largest absolute Gasteiger partial charge is 0.454 e. The summed E-state index contributed by atoms with van der Waals surface area (Å²) in [5.41, 5.74) is 1.71. The number of carbonyl (C=O) groups is 2. The van der Waals surface area contributed by atoms with Crippen LogP contribution >= 0.6 is 0 Å². The van der Waals surface area contributed by atoms with Crippen molar-refractivity contribution in [3.63, 3.8) is 0 Å². The molecular weight excluding hydrogens is 464 g/mol. The molecule has 10 nitrogen and oxygen atoms in total. The van der Waals surface area contributed by atoms with E-state index in [0.717, 1.165) is 18.8 Å². The van der Waals surface area contributed by atoms with Gasteiger partial charge in [-0.3, -0.25) is 4.79 Å². The van der Waals surface area contributed by atoms with E-state index in [-0.39, 0.29) is 25.7 Å². The molecule has 3 heterocycles. The lowest BCUT2D eigenvalue weighted by molar-refractivity contribution is -0.135. The number of aliphatic hydroxyl groups is 1. The first-order valence-electron chi connectivity index (χ1n) is 12.1. The first-order valence-corrected chi connectivity index (χ1v) is 12.1. The van der Waals surface area contributed by atoms with Gasteiger partial charge in [0.15, 0.2) is 11.5 Å². The molecule has 36 heavy (non-hydrogen) atoms. The highest BCUT2D eigenvalue weighted by Crippen LogP contribution is 2.34. The van der Waals surface area contributed by atoms with Gasteiger partial charge >= 0.3 is 6.03 Å². The summed E-state index contributed by atoms with van der Waals surface area (Å²) in [6.07, 6.45) is 2.61. The summed E-state index contributed by atoms with van der Waals surface area (Å²) in [7, 11) is 0. The van der Waals surface area contributed by atoms with E-state index in [2.05, 4.69) is 27.7 Å². The molecule has 0 unspecified atom stereocenters. The van der Waals surface area contributed by atoms with Crippen LogP contribution in [0, 0.1) is 0 Å². The summed E-state index contributed by atoms with van der Waals surface area (Å²) in [5.74, 6) is 1.21. The van der Waals surface area contributed by atoms with Crippen LogP contribution in [0.5, 0.6) is 11.5 Å². The lowest BCUT2D eigenvalue weighted by Gasteiger charge is -2.37. The van der Waals surface area contributed by atoms with Crippen LogP contribution in [0.15, 0.2) is 60.7 Å². The molecule has 2 aromatic rings. The molecule has 10 heteroatoms. The number of ether oxygens (including phenoxy) is 3. The SMILES string of the molecule is O=C(Nc1ccc2c(c1)OCO2)N[C@@H]1C=C[C@@H](CC(=O)N2CCN(c3ccccc3)CC2)O[C@H]1CO. The number of nitrogens with one attached hydrogen (secondary N) is 2. The monoisotopic (exact) mass is 494 g/mol. The van der Waals surface area contributed by atoms with Gasteiger partial charge in [0.25, 0.3) is 0 Å². The molecular formula is C26H30N4O6. The van der Waals surface area contributed by atoms with Crippen LogP contribution in [0.3, 0.4) is 0 Å². The second-order valence-electron chi connectivity index (χ2n) is 8.88. The van der Waals surface area contributed by atoms with Gasteiger partial charge in [-0.1, -0.05) is 30.4 Å². The molecule has 3 amide bonds. The number of benzene rings is 2. The highest BCUT2D eigenvalue weighted by molar-refractivity contribution is 5.90. The number of nitrogens with zero attached hydrogens (tertiary/aromatic N) is 2. The lowest BCUT2D eigenvalue weighted by atomic mass is 10.0.